The lowest BCUT2D eigenvalue weighted by molar-refractivity contribution is -0.119. The zero-order valence-electron chi connectivity index (χ0n) is 14.5. The number of thiazole rings is 1. The number of hydrogen-bond acceptors (Lipinski definition) is 5. The molecule has 0 unspecified atom stereocenters. The molecule has 1 N–H and O–H groups in total. The molecule has 0 fully saturated rings. The topological polar surface area (TPSA) is 68.3 Å². The summed E-state index contributed by atoms with van der Waals surface area (Å²) < 4.78 is 44.7. The number of amides is 1. The highest BCUT2D eigenvalue weighted by atomic mass is 32.1. The van der Waals surface area contributed by atoms with Gasteiger partial charge in [0.05, 0.1) is 16.4 Å². The Hall–Kier alpha value is -3.20. The van der Waals surface area contributed by atoms with E-state index in [2.05, 4.69) is 4.98 Å². The third-order valence-corrected chi connectivity index (χ3v) is 4.56. The maximum atomic E-state index is 13.6. The molecule has 1 heterocycles. The molecule has 0 saturated heterocycles. The van der Waals surface area contributed by atoms with Crippen LogP contribution in [0.25, 0.3) is 11.3 Å². The fourth-order valence-electron chi connectivity index (χ4n) is 2.36. The van der Waals surface area contributed by atoms with Crippen molar-refractivity contribution in [1.82, 2.24) is 4.98 Å². The van der Waals surface area contributed by atoms with Gasteiger partial charge in [-0.1, -0.05) is 30.3 Å². The van der Waals surface area contributed by atoms with Gasteiger partial charge in [0.1, 0.15) is 4.88 Å². The summed E-state index contributed by atoms with van der Waals surface area (Å²) in [6, 6.07) is 10.5. The molecule has 3 rings (SSSR count). The number of carbonyl (C=O) groups excluding carboxylic acids is 2. The number of nitrogens with one attached hydrogen (secondary N) is 1. The normalized spacial score (nSPS) is 10.6. The van der Waals surface area contributed by atoms with Crippen LogP contribution in [0.3, 0.4) is 0 Å². The van der Waals surface area contributed by atoms with Crippen molar-refractivity contribution in [2.24, 2.45) is 0 Å². The van der Waals surface area contributed by atoms with Gasteiger partial charge in [-0.3, -0.25) is 4.79 Å². The highest BCUT2D eigenvalue weighted by molar-refractivity contribution is 7.14. The number of benzene rings is 2. The third-order valence-electron chi connectivity index (χ3n) is 3.61. The predicted molar refractivity (Wildman–Crippen MR) is 97.5 cm³/mol. The first kappa shape index (κ1) is 19.6. The Kier molecular flexibility index (Phi) is 5.74. The number of hydrogen-bond donors (Lipinski definition) is 1. The van der Waals surface area contributed by atoms with Gasteiger partial charge in [0.15, 0.2) is 24.1 Å². The standard InChI is InChI=1S/C19H13F3N2O3S/c1-10-23-17(11-5-3-2-4-6-11)18(28-10)19(26)27-9-14(25)24-13-8-7-12(20)15(21)16(13)22/h2-8H,9H2,1H3,(H,24,25). The molecule has 0 radical (unpaired) electrons. The Morgan fingerprint density at radius 3 is 2.50 bits per heavy atom. The highest BCUT2D eigenvalue weighted by Crippen LogP contribution is 2.28. The van der Waals surface area contributed by atoms with E-state index in [1.54, 1.807) is 31.2 Å². The first-order chi connectivity index (χ1) is 13.4. The van der Waals surface area contributed by atoms with E-state index < -0.39 is 41.6 Å². The molecule has 0 spiro atoms. The average Bonchev–Trinajstić information content (AvgIpc) is 3.09. The van der Waals surface area contributed by atoms with Crippen molar-refractivity contribution >= 4 is 28.9 Å². The van der Waals surface area contributed by atoms with Gasteiger partial charge in [0, 0.05) is 5.56 Å². The van der Waals surface area contributed by atoms with Crippen LogP contribution in [0, 0.1) is 24.4 Å². The smallest absolute Gasteiger partial charge is 0.351 e. The Morgan fingerprint density at radius 2 is 1.79 bits per heavy atom. The van der Waals surface area contributed by atoms with Crippen LogP contribution in [0.5, 0.6) is 0 Å². The number of halogens is 3. The summed E-state index contributed by atoms with van der Waals surface area (Å²) in [5.74, 6) is -6.30. The first-order valence-electron chi connectivity index (χ1n) is 8.00. The number of aromatic nitrogens is 1. The number of esters is 1. The molecule has 2 aromatic carbocycles. The summed E-state index contributed by atoms with van der Waals surface area (Å²) in [5, 5.41) is 2.66. The van der Waals surface area contributed by atoms with Gasteiger partial charge in [0.25, 0.3) is 5.91 Å². The molecule has 0 bridgehead atoms. The highest BCUT2D eigenvalue weighted by Gasteiger charge is 2.21. The second-order valence-electron chi connectivity index (χ2n) is 5.62. The molecule has 1 aromatic heterocycles. The maximum absolute atomic E-state index is 13.6. The molecule has 28 heavy (non-hydrogen) atoms. The summed E-state index contributed by atoms with van der Waals surface area (Å²) in [4.78, 5) is 28.8. The Labute approximate surface area is 161 Å². The van der Waals surface area contributed by atoms with E-state index in [1.165, 1.54) is 0 Å². The summed E-state index contributed by atoms with van der Waals surface area (Å²) in [6.07, 6.45) is 0. The predicted octanol–water partition coefficient (Wildman–Crippen LogP) is 4.33. The number of ether oxygens (including phenoxy) is 1. The molecule has 0 aliphatic heterocycles. The van der Waals surface area contributed by atoms with E-state index in [0.29, 0.717) is 22.3 Å². The average molecular weight is 406 g/mol. The van der Waals surface area contributed by atoms with Crippen molar-refractivity contribution in [2.75, 3.05) is 11.9 Å². The molecule has 1 amide bonds. The number of aryl methyl sites for hydroxylation is 1. The van der Waals surface area contributed by atoms with Gasteiger partial charge in [-0.05, 0) is 19.1 Å². The van der Waals surface area contributed by atoms with E-state index in [4.69, 9.17) is 4.74 Å². The fraction of sp³-hybridized carbons (Fsp3) is 0.105. The number of rotatable bonds is 5. The Balaban J connectivity index is 1.68. The van der Waals surface area contributed by atoms with Gasteiger partial charge in [0.2, 0.25) is 0 Å². The zero-order chi connectivity index (χ0) is 20.3. The van der Waals surface area contributed by atoms with Crippen molar-refractivity contribution in [2.45, 2.75) is 6.92 Å². The van der Waals surface area contributed by atoms with Crippen LogP contribution in [0.4, 0.5) is 18.9 Å². The van der Waals surface area contributed by atoms with Gasteiger partial charge in [-0.15, -0.1) is 11.3 Å². The van der Waals surface area contributed by atoms with Crippen LogP contribution in [0.1, 0.15) is 14.7 Å². The molecule has 0 aliphatic carbocycles. The minimum Gasteiger partial charge on any atom is -0.451 e. The van der Waals surface area contributed by atoms with Crippen LogP contribution in [-0.4, -0.2) is 23.5 Å². The largest absolute Gasteiger partial charge is 0.451 e. The van der Waals surface area contributed by atoms with Gasteiger partial charge in [-0.2, -0.15) is 0 Å². The second kappa shape index (κ2) is 8.22. The molecule has 0 aliphatic rings. The van der Waals surface area contributed by atoms with Crippen molar-refractivity contribution in [1.29, 1.82) is 0 Å². The van der Waals surface area contributed by atoms with E-state index in [9.17, 15) is 22.8 Å². The van der Waals surface area contributed by atoms with Crippen LogP contribution < -0.4 is 5.32 Å². The van der Waals surface area contributed by atoms with Crippen molar-refractivity contribution in [3.8, 4) is 11.3 Å². The van der Waals surface area contributed by atoms with Crippen LogP contribution in [-0.2, 0) is 9.53 Å². The van der Waals surface area contributed by atoms with E-state index in [-0.39, 0.29) is 4.88 Å². The van der Waals surface area contributed by atoms with Crippen LogP contribution in [0.15, 0.2) is 42.5 Å². The van der Waals surface area contributed by atoms with Crippen molar-refractivity contribution < 1.29 is 27.5 Å². The quantitative estimate of drug-likeness (QED) is 0.506. The van der Waals surface area contributed by atoms with Crippen molar-refractivity contribution in [3.63, 3.8) is 0 Å². The summed E-state index contributed by atoms with van der Waals surface area (Å²) >= 11 is 1.11. The molecule has 9 heteroatoms. The van der Waals surface area contributed by atoms with E-state index in [0.717, 1.165) is 17.4 Å². The summed E-state index contributed by atoms with van der Waals surface area (Å²) in [5.41, 5.74) is 0.589. The Morgan fingerprint density at radius 1 is 1.07 bits per heavy atom. The summed E-state index contributed by atoms with van der Waals surface area (Å²) in [7, 11) is 0. The number of nitrogens with zero attached hydrogens (tertiary/aromatic N) is 1. The molecular weight excluding hydrogens is 393 g/mol. The first-order valence-corrected chi connectivity index (χ1v) is 8.81. The number of carbonyl (C=O) groups is 2. The fourth-order valence-corrected chi connectivity index (χ4v) is 3.20. The van der Waals surface area contributed by atoms with E-state index in [1.807, 2.05) is 11.4 Å². The van der Waals surface area contributed by atoms with Gasteiger partial charge < -0.3 is 10.1 Å². The number of anilines is 1. The second-order valence-corrected chi connectivity index (χ2v) is 6.83. The molecule has 5 nitrogen and oxygen atoms in total. The molecular formula is C19H13F3N2O3S. The van der Waals surface area contributed by atoms with Crippen LogP contribution in [0.2, 0.25) is 0 Å². The van der Waals surface area contributed by atoms with Crippen LogP contribution >= 0.6 is 11.3 Å². The van der Waals surface area contributed by atoms with Crippen molar-refractivity contribution in [3.05, 3.63) is 69.8 Å². The minimum atomic E-state index is -1.71. The van der Waals surface area contributed by atoms with E-state index >= 15 is 0 Å². The lowest BCUT2D eigenvalue weighted by Gasteiger charge is -2.08. The lowest BCUT2D eigenvalue weighted by atomic mass is 10.1. The van der Waals surface area contributed by atoms with Gasteiger partial charge >= 0.3 is 5.97 Å². The zero-order valence-corrected chi connectivity index (χ0v) is 15.3. The third kappa shape index (κ3) is 4.20. The molecule has 0 saturated carbocycles. The lowest BCUT2D eigenvalue weighted by Crippen LogP contribution is -2.21. The maximum Gasteiger partial charge on any atom is 0.351 e. The Bertz CT molecular complexity index is 1040. The monoisotopic (exact) mass is 406 g/mol. The SMILES string of the molecule is Cc1nc(-c2ccccc2)c(C(=O)OCC(=O)Nc2ccc(F)c(F)c2F)s1. The molecule has 3 aromatic rings. The van der Waals surface area contributed by atoms with Gasteiger partial charge in [-0.25, -0.2) is 22.9 Å². The minimum absolute atomic E-state index is 0.218. The molecule has 0 atom stereocenters. The summed E-state index contributed by atoms with van der Waals surface area (Å²) in [6.45, 7) is 0.995. The molecule has 144 valence electrons.